The Morgan fingerprint density at radius 2 is 1.85 bits per heavy atom. The molecule has 1 atom stereocenters. The molecule has 3 aromatic rings. The molecule has 1 saturated heterocycles. The molecule has 1 fully saturated rings. The Balaban J connectivity index is 1.90. The van der Waals surface area contributed by atoms with Gasteiger partial charge < -0.3 is 19.5 Å². The zero-order chi connectivity index (χ0) is 23.7. The lowest BCUT2D eigenvalue weighted by Crippen LogP contribution is -2.32. The van der Waals surface area contributed by atoms with E-state index in [1.165, 1.54) is 19.1 Å². The second-order valence-electron chi connectivity index (χ2n) is 7.57. The Morgan fingerprint density at radius 1 is 1.12 bits per heavy atom. The van der Waals surface area contributed by atoms with E-state index in [0.29, 0.717) is 28.2 Å². The van der Waals surface area contributed by atoms with Crippen LogP contribution in [0.5, 0.6) is 0 Å². The zero-order valence-electron chi connectivity index (χ0n) is 18.4. The summed E-state index contributed by atoms with van der Waals surface area (Å²) >= 11 is 0. The van der Waals surface area contributed by atoms with Crippen molar-refractivity contribution in [2.75, 3.05) is 27.4 Å². The van der Waals surface area contributed by atoms with Crippen LogP contribution in [0.15, 0.2) is 54.2 Å². The quantitative estimate of drug-likeness (QED) is 0.266. The van der Waals surface area contributed by atoms with Crippen LogP contribution in [0.2, 0.25) is 0 Å². The molecule has 2 aromatic heterocycles. The van der Waals surface area contributed by atoms with Crippen molar-refractivity contribution in [3.05, 3.63) is 76.7 Å². The first-order chi connectivity index (χ1) is 15.9. The van der Waals surface area contributed by atoms with Crippen molar-refractivity contribution < 1.29 is 29.0 Å². The van der Waals surface area contributed by atoms with Gasteiger partial charge in [0.2, 0.25) is 0 Å². The second-order valence-corrected chi connectivity index (χ2v) is 7.57. The first-order valence-corrected chi connectivity index (χ1v) is 10.3. The summed E-state index contributed by atoms with van der Waals surface area (Å²) in [6.45, 7) is 2.08. The highest BCUT2D eigenvalue weighted by atomic mass is 16.5. The summed E-state index contributed by atoms with van der Waals surface area (Å²) in [4.78, 5) is 43.7. The number of fused-ring (bicyclic) bond motifs is 1. The van der Waals surface area contributed by atoms with Crippen molar-refractivity contribution in [3.8, 4) is 0 Å². The summed E-state index contributed by atoms with van der Waals surface area (Å²) in [5, 5.41) is 11.3. The molecule has 0 radical (unpaired) electrons. The van der Waals surface area contributed by atoms with E-state index in [2.05, 4.69) is 4.98 Å². The van der Waals surface area contributed by atoms with Crippen molar-refractivity contribution in [3.63, 3.8) is 0 Å². The number of hydrogen-bond donors (Lipinski definition) is 1. The molecular weight excluding hydrogens is 426 g/mol. The number of aliphatic hydroxyl groups excluding tert-OH is 1. The van der Waals surface area contributed by atoms with Gasteiger partial charge in [0.1, 0.15) is 11.3 Å². The van der Waals surface area contributed by atoms with E-state index in [9.17, 15) is 19.5 Å². The maximum Gasteiger partial charge on any atom is 0.337 e. The van der Waals surface area contributed by atoms with Crippen LogP contribution in [-0.2, 0) is 19.1 Å². The lowest BCUT2D eigenvalue weighted by Gasteiger charge is -2.25. The van der Waals surface area contributed by atoms with Crippen LogP contribution in [0.3, 0.4) is 0 Å². The summed E-state index contributed by atoms with van der Waals surface area (Å²) in [6, 6.07) is 10.9. The molecule has 1 aliphatic heterocycles. The Bertz CT molecular complexity index is 1280. The van der Waals surface area contributed by atoms with E-state index in [1.807, 2.05) is 6.07 Å². The minimum Gasteiger partial charge on any atom is -0.505 e. The third-order valence-corrected chi connectivity index (χ3v) is 5.65. The zero-order valence-corrected chi connectivity index (χ0v) is 18.4. The van der Waals surface area contributed by atoms with Gasteiger partial charge in [0, 0.05) is 19.9 Å². The molecule has 0 aliphatic carbocycles. The van der Waals surface area contributed by atoms with E-state index in [1.54, 1.807) is 53.9 Å². The SMILES string of the molecule is COCCN1C(=O)C(=O)C(=C(O)c2c(C)nc3ccccn23)C1c1ccc(C(=O)OC)cc1. The van der Waals surface area contributed by atoms with Crippen LogP contribution < -0.4 is 0 Å². The summed E-state index contributed by atoms with van der Waals surface area (Å²) < 4.78 is 11.5. The van der Waals surface area contributed by atoms with Crippen LogP contribution in [0.25, 0.3) is 11.4 Å². The number of carbonyl (C=O) groups is 3. The molecule has 1 aromatic carbocycles. The lowest BCUT2D eigenvalue weighted by molar-refractivity contribution is -0.140. The van der Waals surface area contributed by atoms with Crippen molar-refractivity contribution in [2.24, 2.45) is 0 Å². The first kappa shape index (κ1) is 22.2. The van der Waals surface area contributed by atoms with Crippen LogP contribution in [-0.4, -0.2) is 64.4 Å². The molecule has 1 aliphatic rings. The van der Waals surface area contributed by atoms with Gasteiger partial charge in [-0.25, -0.2) is 9.78 Å². The number of ketones is 1. The van der Waals surface area contributed by atoms with Gasteiger partial charge in [-0.15, -0.1) is 0 Å². The standard InChI is InChI=1S/C24H23N3O6/c1-14-19(26-11-5-4-6-17(26)25-14)21(28)18-20(27(12-13-32-2)23(30)22(18)29)15-7-9-16(10-8-15)24(31)33-3/h4-11,20,28H,12-13H2,1-3H3. The highest BCUT2D eigenvalue weighted by Gasteiger charge is 2.46. The highest BCUT2D eigenvalue weighted by molar-refractivity contribution is 6.46. The number of amides is 1. The van der Waals surface area contributed by atoms with Crippen molar-refractivity contribution in [2.45, 2.75) is 13.0 Å². The third kappa shape index (κ3) is 3.76. The van der Waals surface area contributed by atoms with Gasteiger partial charge in [-0.05, 0) is 36.8 Å². The molecule has 9 heteroatoms. The summed E-state index contributed by atoms with van der Waals surface area (Å²) in [6.07, 6.45) is 1.73. The van der Waals surface area contributed by atoms with Crippen molar-refractivity contribution in [1.82, 2.24) is 14.3 Å². The number of methoxy groups -OCH3 is 2. The van der Waals surface area contributed by atoms with Gasteiger partial charge in [0.15, 0.2) is 5.76 Å². The number of rotatable bonds is 6. The Kier molecular flexibility index (Phi) is 5.97. The number of esters is 1. The average Bonchev–Trinajstić information content (AvgIpc) is 3.29. The average molecular weight is 449 g/mol. The number of ether oxygens (including phenoxy) is 2. The van der Waals surface area contributed by atoms with E-state index >= 15 is 0 Å². The minimum atomic E-state index is -0.861. The van der Waals surface area contributed by atoms with Crippen LogP contribution in [0.4, 0.5) is 0 Å². The summed E-state index contributed by atoms with van der Waals surface area (Å²) in [5.74, 6) is -2.35. The number of likely N-dealkylation sites (tertiary alicyclic amines) is 1. The Morgan fingerprint density at radius 3 is 2.52 bits per heavy atom. The van der Waals surface area contributed by atoms with E-state index in [0.717, 1.165) is 0 Å². The molecule has 33 heavy (non-hydrogen) atoms. The fourth-order valence-corrected chi connectivity index (χ4v) is 4.09. The summed E-state index contributed by atoms with van der Waals surface area (Å²) in [7, 11) is 2.78. The van der Waals surface area contributed by atoms with E-state index < -0.39 is 23.7 Å². The van der Waals surface area contributed by atoms with E-state index in [-0.39, 0.29) is 24.5 Å². The largest absolute Gasteiger partial charge is 0.505 e. The lowest BCUT2D eigenvalue weighted by atomic mass is 9.95. The normalized spacial score (nSPS) is 17.7. The predicted molar refractivity (Wildman–Crippen MR) is 119 cm³/mol. The number of aryl methyl sites for hydroxylation is 1. The molecule has 170 valence electrons. The molecule has 9 nitrogen and oxygen atoms in total. The van der Waals surface area contributed by atoms with Crippen molar-refractivity contribution >= 4 is 29.1 Å². The predicted octanol–water partition coefficient (Wildman–Crippen LogP) is 2.50. The molecular formula is C24H23N3O6. The number of aromatic nitrogens is 2. The molecule has 0 saturated carbocycles. The van der Waals surface area contributed by atoms with Crippen LogP contribution in [0.1, 0.15) is 33.4 Å². The molecule has 1 N–H and O–H groups in total. The van der Waals surface area contributed by atoms with Gasteiger partial charge in [0.25, 0.3) is 11.7 Å². The Hall–Kier alpha value is -3.98. The number of benzene rings is 1. The smallest absolute Gasteiger partial charge is 0.337 e. The molecule has 0 spiro atoms. The Labute approximate surface area is 189 Å². The van der Waals surface area contributed by atoms with E-state index in [4.69, 9.17) is 9.47 Å². The number of hydrogen-bond acceptors (Lipinski definition) is 7. The number of imidazole rings is 1. The van der Waals surface area contributed by atoms with Gasteiger partial charge in [-0.3, -0.25) is 14.0 Å². The number of Topliss-reactive ketones (excluding diaryl/α,β-unsaturated/α-hetero) is 1. The van der Waals surface area contributed by atoms with Crippen LogP contribution >= 0.6 is 0 Å². The van der Waals surface area contributed by atoms with Gasteiger partial charge in [-0.1, -0.05) is 18.2 Å². The number of nitrogens with zero attached hydrogens (tertiary/aromatic N) is 3. The van der Waals surface area contributed by atoms with Gasteiger partial charge >= 0.3 is 5.97 Å². The second kappa shape index (κ2) is 8.87. The summed E-state index contributed by atoms with van der Waals surface area (Å²) in [5.41, 5.74) is 2.30. The van der Waals surface area contributed by atoms with Gasteiger partial charge in [-0.2, -0.15) is 0 Å². The minimum absolute atomic E-state index is 0.0457. The number of carbonyl (C=O) groups excluding carboxylic acids is 3. The fourth-order valence-electron chi connectivity index (χ4n) is 4.09. The maximum absolute atomic E-state index is 13.1. The maximum atomic E-state index is 13.1. The fraction of sp³-hybridized carbons (Fsp3) is 0.250. The number of pyridine rings is 1. The first-order valence-electron chi connectivity index (χ1n) is 10.3. The molecule has 0 bridgehead atoms. The monoisotopic (exact) mass is 449 g/mol. The molecule has 1 amide bonds. The third-order valence-electron chi connectivity index (χ3n) is 5.65. The van der Waals surface area contributed by atoms with Crippen molar-refractivity contribution in [1.29, 1.82) is 0 Å². The molecule has 4 rings (SSSR count). The topological polar surface area (TPSA) is 110 Å². The van der Waals surface area contributed by atoms with Gasteiger partial charge in [0.05, 0.1) is 36.6 Å². The molecule has 3 heterocycles. The van der Waals surface area contributed by atoms with Crippen LogP contribution in [0, 0.1) is 6.92 Å². The number of aliphatic hydroxyl groups is 1. The highest BCUT2D eigenvalue weighted by Crippen LogP contribution is 2.39. The molecule has 1 unspecified atom stereocenters.